The molecule has 0 atom stereocenters. The number of carbonyl (C=O) groups excluding carboxylic acids is 1. The quantitative estimate of drug-likeness (QED) is 0.560. The van der Waals surface area contributed by atoms with Crippen LogP contribution in [0.3, 0.4) is 0 Å². The summed E-state index contributed by atoms with van der Waals surface area (Å²) in [5.41, 5.74) is 1.07. The van der Waals surface area contributed by atoms with Gasteiger partial charge in [-0.3, -0.25) is 4.68 Å². The van der Waals surface area contributed by atoms with E-state index in [2.05, 4.69) is 9.84 Å². The molecule has 0 amide bonds. The van der Waals surface area contributed by atoms with E-state index < -0.39 is 5.97 Å². The van der Waals surface area contributed by atoms with Gasteiger partial charge in [0.2, 0.25) is 0 Å². The lowest BCUT2D eigenvalue weighted by Crippen LogP contribution is -2.11. The maximum absolute atomic E-state index is 11.5. The van der Waals surface area contributed by atoms with Gasteiger partial charge >= 0.3 is 5.97 Å². The van der Waals surface area contributed by atoms with Crippen molar-refractivity contribution in [2.45, 2.75) is 0 Å². The molecule has 0 aliphatic carbocycles. The first kappa shape index (κ1) is 10.8. The van der Waals surface area contributed by atoms with E-state index in [1.165, 1.54) is 7.11 Å². The van der Waals surface area contributed by atoms with Gasteiger partial charge in [0.1, 0.15) is 0 Å². The molecule has 4 nitrogen and oxygen atoms in total. The number of fused-ring (bicyclic) bond motifs is 1. The highest BCUT2D eigenvalue weighted by Crippen LogP contribution is 2.16. The molecule has 0 aliphatic rings. The lowest BCUT2D eigenvalue weighted by molar-refractivity contribution is 0.0591. The standard InChI is InChI=1S/C11H10N2O2S/c1-13-8-6-4-3-5-7(8)10(16)9(12-13)11(14)15-2/h3-6H,1-2H3. The molecular weight excluding hydrogens is 224 g/mol. The lowest BCUT2D eigenvalue weighted by atomic mass is 10.2. The molecular formula is C11H10N2O2S. The van der Waals surface area contributed by atoms with Crippen LogP contribution < -0.4 is 0 Å². The van der Waals surface area contributed by atoms with Crippen molar-refractivity contribution in [1.29, 1.82) is 0 Å². The van der Waals surface area contributed by atoms with Gasteiger partial charge in [-0.15, -0.1) is 0 Å². The van der Waals surface area contributed by atoms with Crippen molar-refractivity contribution in [1.82, 2.24) is 9.78 Å². The SMILES string of the molecule is COC(=O)c1nn(C)c2ccccc2c1=S. The van der Waals surface area contributed by atoms with Crippen molar-refractivity contribution in [3.8, 4) is 0 Å². The molecule has 2 rings (SSSR count). The Morgan fingerprint density at radius 1 is 1.44 bits per heavy atom. The van der Waals surface area contributed by atoms with Crippen LogP contribution in [0.4, 0.5) is 0 Å². The average Bonchev–Trinajstić information content (AvgIpc) is 2.33. The van der Waals surface area contributed by atoms with Crippen LogP contribution >= 0.6 is 12.2 Å². The zero-order valence-electron chi connectivity index (χ0n) is 8.93. The molecule has 5 heteroatoms. The molecule has 0 saturated heterocycles. The third kappa shape index (κ3) is 1.59. The number of carbonyl (C=O) groups is 1. The minimum atomic E-state index is -0.508. The lowest BCUT2D eigenvalue weighted by Gasteiger charge is -2.07. The Kier molecular flexibility index (Phi) is 2.70. The fourth-order valence-corrected chi connectivity index (χ4v) is 1.85. The van der Waals surface area contributed by atoms with E-state index in [0.29, 0.717) is 4.51 Å². The predicted molar refractivity (Wildman–Crippen MR) is 62.9 cm³/mol. The van der Waals surface area contributed by atoms with Crippen LogP contribution in [0.2, 0.25) is 0 Å². The first-order valence-electron chi connectivity index (χ1n) is 4.69. The molecule has 1 aromatic heterocycles. The summed E-state index contributed by atoms with van der Waals surface area (Å²) < 4.78 is 6.69. The Morgan fingerprint density at radius 2 is 2.12 bits per heavy atom. The first-order valence-corrected chi connectivity index (χ1v) is 5.10. The monoisotopic (exact) mass is 234 g/mol. The Balaban J connectivity index is 2.86. The van der Waals surface area contributed by atoms with E-state index in [1.54, 1.807) is 11.7 Å². The van der Waals surface area contributed by atoms with Gasteiger partial charge in [-0.05, 0) is 6.07 Å². The van der Waals surface area contributed by atoms with E-state index in [9.17, 15) is 4.79 Å². The second-order valence-electron chi connectivity index (χ2n) is 3.31. The average molecular weight is 234 g/mol. The summed E-state index contributed by atoms with van der Waals surface area (Å²) in [7, 11) is 3.08. The molecule has 82 valence electrons. The molecule has 1 heterocycles. The Bertz CT molecular complexity index is 619. The zero-order valence-corrected chi connectivity index (χ0v) is 9.75. The summed E-state index contributed by atoms with van der Waals surface area (Å²) in [5.74, 6) is -0.508. The van der Waals surface area contributed by atoms with E-state index in [0.717, 1.165) is 10.9 Å². The number of aromatic nitrogens is 2. The minimum Gasteiger partial charge on any atom is -0.464 e. The molecule has 0 saturated carbocycles. The normalized spacial score (nSPS) is 10.4. The third-order valence-corrected chi connectivity index (χ3v) is 2.75. The van der Waals surface area contributed by atoms with Gasteiger partial charge in [0, 0.05) is 12.4 Å². The Morgan fingerprint density at radius 3 is 2.81 bits per heavy atom. The molecule has 0 unspecified atom stereocenters. The van der Waals surface area contributed by atoms with Crippen LogP contribution in [0.5, 0.6) is 0 Å². The van der Waals surface area contributed by atoms with Gasteiger partial charge < -0.3 is 4.74 Å². The van der Waals surface area contributed by atoms with Gasteiger partial charge in [-0.1, -0.05) is 30.4 Å². The Labute approximate surface area is 97.5 Å². The van der Waals surface area contributed by atoms with E-state index in [-0.39, 0.29) is 5.69 Å². The van der Waals surface area contributed by atoms with Crippen molar-refractivity contribution in [3.63, 3.8) is 0 Å². The highest BCUT2D eigenvalue weighted by atomic mass is 32.1. The molecule has 0 N–H and O–H groups in total. The fourth-order valence-electron chi connectivity index (χ4n) is 1.55. The summed E-state index contributed by atoms with van der Waals surface area (Å²) in [4.78, 5) is 11.5. The van der Waals surface area contributed by atoms with Crippen LogP contribution in [0.25, 0.3) is 10.9 Å². The number of para-hydroxylation sites is 1. The zero-order chi connectivity index (χ0) is 11.7. The minimum absolute atomic E-state index is 0.179. The van der Waals surface area contributed by atoms with Crippen LogP contribution in [-0.2, 0) is 11.8 Å². The van der Waals surface area contributed by atoms with Gasteiger partial charge in [-0.25, -0.2) is 4.79 Å². The summed E-state index contributed by atoms with van der Waals surface area (Å²) in [6.07, 6.45) is 0. The fraction of sp³-hybridized carbons (Fsp3) is 0.182. The van der Waals surface area contributed by atoms with Gasteiger partial charge in [-0.2, -0.15) is 5.10 Å². The van der Waals surface area contributed by atoms with Crippen LogP contribution in [0.1, 0.15) is 10.5 Å². The highest BCUT2D eigenvalue weighted by Gasteiger charge is 2.13. The number of methoxy groups -OCH3 is 1. The summed E-state index contributed by atoms with van der Waals surface area (Å²) in [6.45, 7) is 0. The number of hydrogen-bond acceptors (Lipinski definition) is 4. The first-order chi connectivity index (χ1) is 7.65. The second kappa shape index (κ2) is 4.02. The molecule has 0 aliphatic heterocycles. The van der Waals surface area contributed by atoms with Crippen molar-refractivity contribution in [2.75, 3.05) is 7.11 Å². The van der Waals surface area contributed by atoms with Crippen LogP contribution in [0.15, 0.2) is 24.3 Å². The molecule has 16 heavy (non-hydrogen) atoms. The largest absolute Gasteiger partial charge is 0.464 e. The number of hydrogen-bond donors (Lipinski definition) is 0. The van der Waals surface area contributed by atoms with Crippen molar-refractivity contribution in [3.05, 3.63) is 34.5 Å². The molecule has 0 bridgehead atoms. The second-order valence-corrected chi connectivity index (χ2v) is 3.72. The summed E-state index contributed by atoms with van der Waals surface area (Å²) in [5, 5.41) is 4.94. The molecule has 2 aromatic rings. The number of esters is 1. The number of ether oxygens (including phenoxy) is 1. The number of rotatable bonds is 1. The molecule has 0 radical (unpaired) electrons. The number of aryl methyl sites for hydroxylation is 1. The smallest absolute Gasteiger partial charge is 0.360 e. The molecule has 1 aromatic carbocycles. The van der Waals surface area contributed by atoms with E-state index in [1.807, 2.05) is 24.3 Å². The summed E-state index contributed by atoms with van der Waals surface area (Å²) in [6, 6.07) is 7.54. The van der Waals surface area contributed by atoms with Crippen LogP contribution in [0, 0.1) is 4.51 Å². The third-order valence-electron chi connectivity index (χ3n) is 2.34. The maximum Gasteiger partial charge on any atom is 0.360 e. The molecule has 0 spiro atoms. The van der Waals surface area contributed by atoms with E-state index in [4.69, 9.17) is 12.2 Å². The Hall–Kier alpha value is -1.75. The highest BCUT2D eigenvalue weighted by molar-refractivity contribution is 7.71. The molecule has 0 fully saturated rings. The number of nitrogens with zero attached hydrogens (tertiary/aromatic N) is 2. The van der Waals surface area contributed by atoms with Crippen molar-refractivity contribution < 1.29 is 9.53 Å². The predicted octanol–water partition coefficient (Wildman–Crippen LogP) is 2.09. The topological polar surface area (TPSA) is 44.1 Å². The van der Waals surface area contributed by atoms with Crippen molar-refractivity contribution in [2.24, 2.45) is 7.05 Å². The van der Waals surface area contributed by atoms with Crippen molar-refractivity contribution >= 4 is 29.1 Å². The van der Waals surface area contributed by atoms with Gasteiger partial charge in [0.25, 0.3) is 0 Å². The van der Waals surface area contributed by atoms with E-state index >= 15 is 0 Å². The van der Waals surface area contributed by atoms with Gasteiger partial charge in [0.05, 0.1) is 17.1 Å². The van der Waals surface area contributed by atoms with Gasteiger partial charge in [0.15, 0.2) is 5.69 Å². The summed E-state index contributed by atoms with van der Waals surface area (Å²) >= 11 is 5.22. The maximum atomic E-state index is 11.5. The number of benzene rings is 1. The van der Waals surface area contributed by atoms with Crippen LogP contribution in [-0.4, -0.2) is 22.9 Å².